The highest BCUT2D eigenvalue weighted by Gasteiger charge is 2.50. The summed E-state index contributed by atoms with van der Waals surface area (Å²) >= 11 is 0. The van der Waals surface area contributed by atoms with E-state index in [-0.39, 0.29) is 24.0 Å². The molecule has 18 heavy (non-hydrogen) atoms. The zero-order valence-corrected chi connectivity index (χ0v) is 10.8. The molecular weight excluding hydrogens is 232 g/mol. The lowest BCUT2D eigenvalue weighted by Gasteiger charge is -2.31. The van der Waals surface area contributed by atoms with Crippen LogP contribution >= 0.6 is 0 Å². The highest BCUT2D eigenvalue weighted by molar-refractivity contribution is 6.04. The Bertz CT molecular complexity index is 365. The second kappa shape index (κ2) is 4.53. The molecule has 3 aliphatic heterocycles. The number of nitrogens with zero attached hydrogens (tertiary/aromatic N) is 2. The Labute approximate surface area is 107 Å². The van der Waals surface area contributed by atoms with Crippen LogP contribution in [0, 0.1) is 5.92 Å². The minimum Gasteiger partial charge on any atom is -0.379 e. The smallest absolute Gasteiger partial charge is 0.327 e. The van der Waals surface area contributed by atoms with Crippen molar-refractivity contribution in [3.63, 3.8) is 0 Å². The van der Waals surface area contributed by atoms with E-state index in [4.69, 9.17) is 4.74 Å². The monoisotopic (exact) mass is 252 g/mol. The average molecular weight is 252 g/mol. The van der Waals surface area contributed by atoms with Crippen molar-refractivity contribution in [2.24, 2.45) is 5.92 Å². The third-order valence-electron chi connectivity index (χ3n) is 4.53. The van der Waals surface area contributed by atoms with Crippen molar-refractivity contribution < 1.29 is 14.3 Å². The molecule has 3 fully saturated rings. The summed E-state index contributed by atoms with van der Waals surface area (Å²) < 4.78 is 5.30. The summed E-state index contributed by atoms with van der Waals surface area (Å²) in [6.45, 7) is 4.06. The van der Waals surface area contributed by atoms with E-state index in [1.54, 1.807) is 4.90 Å². The fourth-order valence-corrected chi connectivity index (χ4v) is 3.33. The van der Waals surface area contributed by atoms with Crippen molar-refractivity contribution >= 4 is 11.9 Å². The molecule has 5 heteroatoms. The van der Waals surface area contributed by atoms with E-state index in [9.17, 15) is 9.59 Å². The zero-order valence-electron chi connectivity index (χ0n) is 10.8. The molecule has 3 aliphatic rings. The largest absolute Gasteiger partial charge is 0.379 e. The van der Waals surface area contributed by atoms with E-state index in [2.05, 4.69) is 6.92 Å². The van der Waals surface area contributed by atoms with Gasteiger partial charge in [0, 0.05) is 13.2 Å². The molecular formula is C13H20N2O3. The van der Waals surface area contributed by atoms with Gasteiger partial charge in [-0.3, -0.25) is 9.69 Å². The quantitative estimate of drug-likeness (QED) is 0.694. The molecule has 100 valence electrons. The minimum atomic E-state index is -0.197. The van der Waals surface area contributed by atoms with Gasteiger partial charge in [-0.1, -0.05) is 13.3 Å². The van der Waals surface area contributed by atoms with E-state index in [1.165, 1.54) is 4.90 Å². The number of hydrogen-bond acceptors (Lipinski definition) is 3. The standard InChI is InChI=1S/C13H20N2O3/c1-2-9-3-5-14-11(7-9)12(16)15(13(14)17)10-4-6-18-8-10/h9-11H,2-8H2,1H3. The molecule has 0 saturated carbocycles. The van der Waals surface area contributed by atoms with Crippen molar-refractivity contribution in [2.45, 2.75) is 44.7 Å². The zero-order chi connectivity index (χ0) is 12.7. The van der Waals surface area contributed by atoms with Gasteiger partial charge in [-0.2, -0.15) is 0 Å². The molecule has 0 aliphatic carbocycles. The van der Waals surface area contributed by atoms with Crippen LogP contribution in [0.5, 0.6) is 0 Å². The van der Waals surface area contributed by atoms with E-state index in [1.807, 2.05) is 0 Å². The van der Waals surface area contributed by atoms with Crippen LogP contribution in [0.25, 0.3) is 0 Å². The first-order valence-electron chi connectivity index (χ1n) is 6.93. The molecule has 0 aromatic carbocycles. The van der Waals surface area contributed by atoms with E-state index in [0.717, 1.165) is 32.2 Å². The fourth-order valence-electron chi connectivity index (χ4n) is 3.33. The SMILES string of the molecule is CCC1CCN2C(=O)N(C3CCOC3)C(=O)C2C1. The molecule has 3 amide bonds. The van der Waals surface area contributed by atoms with Crippen LogP contribution < -0.4 is 0 Å². The Hall–Kier alpha value is -1.10. The summed E-state index contributed by atoms with van der Waals surface area (Å²) in [4.78, 5) is 28.0. The third-order valence-corrected chi connectivity index (χ3v) is 4.53. The number of amides is 3. The summed E-state index contributed by atoms with van der Waals surface area (Å²) in [7, 11) is 0. The topological polar surface area (TPSA) is 49.9 Å². The first-order valence-corrected chi connectivity index (χ1v) is 6.93. The van der Waals surface area contributed by atoms with Gasteiger partial charge in [-0.15, -0.1) is 0 Å². The molecule has 3 heterocycles. The summed E-state index contributed by atoms with van der Waals surface area (Å²) in [6.07, 6.45) is 3.75. The molecule has 0 spiro atoms. The number of urea groups is 1. The van der Waals surface area contributed by atoms with Gasteiger partial charge in [0.2, 0.25) is 0 Å². The maximum absolute atomic E-state index is 12.4. The molecule has 0 radical (unpaired) electrons. The molecule has 0 bridgehead atoms. The van der Waals surface area contributed by atoms with Gasteiger partial charge in [0.1, 0.15) is 6.04 Å². The number of fused-ring (bicyclic) bond motifs is 1. The first kappa shape index (κ1) is 12.0. The minimum absolute atomic E-state index is 0.00801. The van der Waals surface area contributed by atoms with Crippen LogP contribution in [0.2, 0.25) is 0 Å². The second-order valence-electron chi connectivity index (χ2n) is 5.52. The van der Waals surface area contributed by atoms with Crippen LogP contribution in [0.1, 0.15) is 32.6 Å². The highest BCUT2D eigenvalue weighted by Crippen LogP contribution is 2.33. The Balaban J connectivity index is 1.79. The molecule has 3 atom stereocenters. The van der Waals surface area contributed by atoms with Crippen molar-refractivity contribution in [1.82, 2.24) is 9.80 Å². The number of imide groups is 1. The molecule has 3 saturated heterocycles. The number of carbonyl (C=O) groups is 2. The van der Waals surface area contributed by atoms with Crippen LogP contribution in [0.15, 0.2) is 0 Å². The highest BCUT2D eigenvalue weighted by atomic mass is 16.5. The Morgan fingerprint density at radius 2 is 2.17 bits per heavy atom. The maximum atomic E-state index is 12.4. The van der Waals surface area contributed by atoms with Gasteiger partial charge in [-0.25, -0.2) is 4.79 Å². The molecule has 5 nitrogen and oxygen atoms in total. The van der Waals surface area contributed by atoms with Gasteiger partial charge in [-0.05, 0) is 25.2 Å². The van der Waals surface area contributed by atoms with Crippen LogP contribution in [-0.4, -0.2) is 53.6 Å². The number of ether oxygens (including phenoxy) is 1. The molecule has 3 rings (SSSR count). The maximum Gasteiger partial charge on any atom is 0.327 e. The van der Waals surface area contributed by atoms with Crippen LogP contribution in [0.4, 0.5) is 4.79 Å². The number of rotatable bonds is 2. The van der Waals surface area contributed by atoms with Crippen LogP contribution in [0.3, 0.4) is 0 Å². The third kappa shape index (κ3) is 1.72. The Morgan fingerprint density at radius 3 is 2.83 bits per heavy atom. The average Bonchev–Trinajstić information content (AvgIpc) is 2.98. The van der Waals surface area contributed by atoms with Crippen molar-refractivity contribution in [2.75, 3.05) is 19.8 Å². The van der Waals surface area contributed by atoms with Gasteiger partial charge >= 0.3 is 6.03 Å². The van der Waals surface area contributed by atoms with E-state index >= 15 is 0 Å². The summed E-state index contributed by atoms with van der Waals surface area (Å²) in [6, 6.07) is -0.317. The summed E-state index contributed by atoms with van der Waals surface area (Å²) in [5.41, 5.74) is 0. The first-order chi connectivity index (χ1) is 8.72. The van der Waals surface area contributed by atoms with Gasteiger partial charge in [0.15, 0.2) is 0 Å². The molecule has 0 aromatic rings. The van der Waals surface area contributed by atoms with Gasteiger partial charge < -0.3 is 9.64 Å². The number of hydrogen-bond donors (Lipinski definition) is 0. The lowest BCUT2D eigenvalue weighted by Crippen LogP contribution is -2.42. The lowest BCUT2D eigenvalue weighted by molar-refractivity contribution is -0.130. The fraction of sp³-hybridized carbons (Fsp3) is 0.846. The van der Waals surface area contributed by atoms with Crippen molar-refractivity contribution in [3.8, 4) is 0 Å². The Morgan fingerprint density at radius 1 is 1.33 bits per heavy atom. The van der Waals surface area contributed by atoms with Gasteiger partial charge in [0.05, 0.1) is 12.6 Å². The number of piperidine rings is 1. The predicted octanol–water partition coefficient (Wildman–Crippen LogP) is 1.23. The van der Waals surface area contributed by atoms with E-state index < -0.39 is 0 Å². The van der Waals surface area contributed by atoms with Crippen molar-refractivity contribution in [1.29, 1.82) is 0 Å². The second-order valence-corrected chi connectivity index (χ2v) is 5.52. The lowest BCUT2D eigenvalue weighted by atomic mass is 9.89. The summed E-state index contributed by atoms with van der Waals surface area (Å²) in [5, 5.41) is 0. The van der Waals surface area contributed by atoms with Gasteiger partial charge in [0.25, 0.3) is 5.91 Å². The Kier molecular flexibility index (Phi) is 3.01. The van der Waals surface area contributed by atoms with E-state index in [0.29, 0.717) is 19.1 Å². The molecule has 0 N–H and O–H groups in total. The normalized spacial score (nSPS) is 36.4. The summed E-state index contributed by atoms with van der Waals surface area (Å²) in [5.74, 6) is 0.594. The molecule has 0 aromatic heterocycles. The van der Waals surface area contributed by atoms with Crippen LogP contribution in [-0.2, 0) is 9.53 Å². The predicted molar refractivity (Wildman–Crippen MR) is 65.0 cm³/mol. The number of carbonyl (C=O) groups excluding carboxylic acids is 2. The van der Waals surface area contributed by atoms with Crippen molar-refractivity contribution in [3.05, 3.63) is 0 Å². The molecule has 3 unspecified atom stereocenters.